The molecule has 6 nitrogen and oxygen atoms in total. The van der Waals surface area contributed by atoms with E-state index < -0.39 is 0 Å². The van der Waals surface area contributed by atoms with Gasteiger partial charge in [0.2, 0.25) is 5.88 Å². The maximum absolute atomic E-state index is 12.9. The monoisotopic (exact) mass is 522 g/mol. The number of carbonyl (C=O) groups excluding carboxylic acids is 1. The first-order chi connectivity index (χ1) is 17.5. The van der Waals surface area contributed by atoms with Gasteiger partial charge in [-0.05, 0) is 59.7 Å². The Labute approximate surface area is 219 Å². The van der Waals surface area contributed by atoms with Crippen LogP contribution in [-0.4, -0.2) is 31.7 Å². The predicted octanol–water partition coefficient (Wildman–Crippen LogP) is 6.95. The Kier molecular flexibility index (Phi) is 8.31. The summed E-state index contributed by atoms with van der Waals surface area (Å²) in [5, 5.41) is 4.08. The molecule has 0 aliphatic carbocycles. The highest BCUT2D eigenvalue weighted by Gasteiger charge is 2.13. The van der Waals surface area contributed by atoms with E-state index in [1.165, 1.54) is 0 Å². The first-order valence-corrected chi connectivity index (χ1v) is 11.9. The van der Waals surface area contributed by atoms with Crippen LogP contribution in [0.25, 0.3) is 11.1 Å². The van der Waals surface area contributed by atoms with Crippen LogP contribution in [0.2, 0.25) is 10.0 Å². The molecule has 0 saturated heterocycles. The van der Waals surface area contributed by atoms with Crippen molar-refractivity contribution >= 4 is 34.8 Å². The van der Waals surface area contributed by atoms with E-state index in [1.807, 2.05) is 36.4 Å². The van der Waals surface area contributed by atoms with Gasteiger partial charge in [0, 0.05) is 45.5 Å². The van der Waals surface area contributed by atoms with Crippen LogP contribution in [0.4, 0.5) is 5.69 Å². The number of amides is 1. The molecule has 0 aliphatic heterocycles. The van der Waals surface area contributed by atoms with Gasteiger partial charge in [0.05, 0.1) is 20.8 Å². The highest BCUT2D eigenvalue weighted by Crippen LogP contribution is 2.30. The normalized spacial score (nSPS) is 10.6. The van der Waals surface area contributed by atoms with E-state index in [9.17, 15) is 4.79 Å². The second-order valence-electron chi connectivity index (χ2n) is 7.82. The number of hydrogen-bond donors (Lipinski definition) is 1. The zero-order chi connectivity index (χ0) is 25.5. The molecule has 1 N–H and O–H groups in total. The summed E-state index contributed by atoms with van der Waals surface area (Å²) in [5.41, 5.74) is 3.96. The molecule has 0 bridgehead atoms. The average molecular weight is 523 g/mol. The van der Waals surface area contributed by atoms with E-state index in [4.69, 9.17) is 37.4 Å². The van der Waals surface area contributed by atoms with Crippen LogP contribution in [0.1, 0.15) is 15.9 Å². The van der Waals surface area contributed by atoms with Crippen LogP contribution in [-0.2, 0) is 6.42 Å². The minimum atomic E-state index is -0.262. The number of pyridine rings is 1. The van der Waals surface area contributed by atoms with Gasteiger partial charge in [-0.1, -0.05) is 41.4 Å². The lowest BCUT2D eigenvalue weighted by molar-refractivity contribution is 0.102. The molecular weight excluding hydrogens is 499 g/mol. The number of nitrogens with zero attached hydrogens (tertiary/aromatic N) is 1. The van der Waals surface area contributed by atoms with Crippen LogP contribution < -0.4 is 19.5 Å². The SMILES string of the molecule is COc1ccc(-c2ccc(NC(=O)c3ccc(OC)c(OCCc4ccc(Cl)cc4Cl)c3)cc2)cn1. The summed E-state index contributed by atoms with van der Waals surface area (Å²) in [4.78, 5) is 17.1. The molecule has 1 amide bonds. The standard InChI is InChI=1S/C28H24Cl2N2O4/c1-34-25-11-6-20(15-26(25)36-14-13-19-3-8-22(29)16-24(19)30)28(33)32-23-9-4-18(5-10-23)21-7-12-27(35-2)31-17-21/h3-12,15-17H,13-14H2,1-2H3,(H,32,33). The van der Waals surface area contributed by atoms with Crippen LogP contribution in [0.15, 0.2) is 79.0 Å². The van der Waals surface area contributed by atoms with Gasteiger partial charge in [-0.2, -0.15) is 0 Å². The molecule has 8 heteroatoms. The molecule has 0 saturated carbocycles. The molecule has 4 aromatic rings. The van der Waals surface area contributed by atoms with Crippen molar-refractivity contribution in [3.8, 4) is 28.5 Å². The zero-order valence-electron chi connectivity index (χ0n) is 19.8. The summed E-state index contributed by atoms with van der Waals surface area (Å²) >= 11 is 12.2. The number of carbonyl (C=O) groups is 1. The minimum Gasteiger partial charge on any atom is -0.493 e. The van der Waals surface area contributed by atoms with Crippen molar-refractivity contribution in [1.82, 2.24) is 4.98 Å². The summed E-state index contributed by atoms with van der Waals surface area (Å²) in [6.45, 7) is 0.352. The number of anilines is 1. The Morgan fingerprint density at radius 1 is 0.861 bits per heavy atom. The summed E-state index contributed by atoms with van der Waals surface area (Å²) in [7, 11) is 3.13. The Morgan fingerprint density at radius 3 is 2.31 bits per heavy atom. The van der Waals surface area contributed by atoms with Gasteiger partial charge in [-0.3, -0.25) is 4.79 Å². The van der Waals surface area contributed by atoms with Crippen molar-refractivity contribution in [2.24, 2.45) is 0 Å². The molecule has 1 aromatic heterocycles. The van der Waals surface area contributed by atoms with Gasteiger partial charge >= 0.3 is 0 Å². The Bertz CT molecular complexity index is 1340. The van der Waals surface area contributed by atoms with Crippen LogP contribution in [0.3, 0.4) is 0 Å². The smallest absolute Gasteiger partial charge is 0.255 e. The first kappa shape index (κ1) is 25.4. The maximum Gasteiger partial charge on any atom is 0.255 e. The van der Waals surface area contributed by atoms with E-state index in [-0.39, 0.29) is 5.91 Å². The Hall–Kier alpha value is -3.74. The number of aromatic nitrogens is 1. The van der Waals surface area contributed by atoms with Gasteiger partial charge in [0.25, 0.3) is 5.91 Å². The quantitative estimate of drug-likeness (QED) is 0.257. The van der Waals surface area contributed by atoms with Crippen molar-refractivity contribution in [2.75, 3.05) is 26.1 Å². The lowest BCUT2D eigenvalue weighted by Gasteiger charge is -2.13. The zero-order valence-corrected chi connectivity index (χ0v) is 21.3. The van der Waals surface area contributed by atoms with Gasteiger partial charge in [-0.25, -0.2) is 4.98 Å². The number of halogens is 2. The van der Waals surface area contributed by atoms with Crippen molar-refractivity contribution in [3.63, 3.8) is 0 Å². The fourth-order valence-corrected chi connectivity index (χ4v) is 4.05. The lowest BCUT2D eigenvalue weighted by atomic mass is 10.1. The highest BCUT2D eigenvalue weighted by molar-refractivity contribution is 6.35. The van der Waals surface area contributed by atoms with E-state index in [1.54, 1.807) is 56.8 Å². The number of nitrogens with one attached hydrogen (secondary N) is 1. The number of rotatable bonds is 9. The van der Waals surface area contributed by atoms with E-state index in [0.29, 0.717) is 51.7 Å². The second kappa shape index (κ2) is 11.8. The molecule has 4 rings (SSSR count). The van der Waals surface area contributed by atoms with Gasteiger partial charge in [0.1, 0.15) is 0 Å². The molecular formula is C28H24Cl2N2O4. The molecule has 3 aromatic carbocycles. The number of benzene rings is 3. The third-order valence-corrected chi connectivity index (χ3v) is 6.08. The van der Waals surface area contributed by atoms with Crippen LogP contribution in [0.5, 0.6) is 17.4 Å². The van der Waals surface area contributed by atoms with Gasteiger partial charge in [0.15, 0.2) is 11.5 Å². The van der Waals surface area contributed by atoms with Crippen molar-refractivity contribution in [2.45, 2.75) is 6.42 Å². The van der Waals surface area contributed by atoms with Crippen molar-refractivity contribution in [1.29, 1.82) is 0 Å². The third kappa shape index (κ3) is 6.27. The third-order valence-electron chi connectivity index (χ3n) is 5.49. The van der Waals surface area contributed by atoms with E-state index in [2.05, 4.69) is 10.3 Å². The average Bonchev–Trinajstić information content (AvgIpc) is 2.90. The van der Waals surface area contributed by atoms with Gasteiger partial charge in [-0.15, -0.1) is 0 Å². The number of methoxy groups -OCH3 is 2. The largest absolute Gasteiger partial charge is 0.493 e. The summed E-state index contributed by atoms with van der Waals surface area (Å²) < 4.78 is 16.4. The molecule has 0 atom stereocenters. The summed E-state index contributed by atoms with van der Waals surface area (Å²) in [5.74, 6) is 1.30. The minimum absolute atomic E-state index is 0.262. The Balaban J connectivity index is 1.41. The summed E-state index contributed by atoms with van der Waals surface area (Å²) in [6, 6.07) is 21.7. The number of hydrogen-bond acceptors (Lipinski definition) is 5. The molecule has 0 spiro atoms. The Morgan fingerprint density at radius 2 is 1.64 bits per heavy atom. The van der Waals surface area contributed by atoms with Gasteiger partial charge < -0.3 is 19.5 Å². The fraction of sp³-hybridized carbons (Fsp3) is 0.143. The number of ether oxygens (including phenoxy) is 3. The fourth-order valence-electron chi connectivity index (χ4n) is 3.55. The molecule has 36 heavy (non-hydrogen) atoms. The molecule has 0 fully saturated rings. The highest BCUT2D eigenvalue weighted by atomic mass is 35.5. The predicted molar refractivity (Wildman–Crippen MR) is 143 cm³/mol. The van der Waals surface area contributed by atoms with Crippen LogP contribution >= 0.6 is 23.2 Å². The maximum atomic E-state index is 12.9. The molecule has 0 unspecified atom stereocenters. The topological polar surface area (TPSA) is 69.7 Å². The van der Waals surface area contributed by atoms with Crippen molar-refractivity contribution in [3.05, 3.63) is 100 Å². The second-order valence-corrected chi connectivity index (χ2v) is 8.66. The molecule has 184 valence electrons. The summed E-state index contributed by atoms with van der Waals surface area (Å²) in [6.07, 6.45) is 2.32. The lowest BCUT2D eigenvalue weighted by Crippen LogP contribution is -2.12. The van der Waals surface area contributed by atoms with E-state index >= 15 is 0 Å². The molecule has 1 heterocycles. The van der Waals surface area contributed by atoms with Crippen molar-refractivity contribution < 1.29 is 19.0 Å². The molecule has 0 aliphatic rings. The van der Waals surface area contributed by atoms with Crippen LogP contribution in [0, 0.1) is 0 Å². The molecule has 0 radical (unpaired) electrons. The first-order valence-electron chi connectivity index (χ1n) is 11.1. The van der Waals surface area contributed by atoms with E-state index in [0.717, 1.165) is 16.7 Å².